The van der Waals surface area contributed by atoms with Gasteiger partial charge in [0.15, 0.2) is 0 Å². The van der Waals surface area contributed by atoms with Crippen LogP contribution in [0.15, 0.2) is 12.3 Å². The zero-order valence-corrected chi connectivity index (χ0v) is 12.2. The third-order valence-corrected chi connectivity index (χ3v) is 4.10. The highest BCUT2D eigenvalue weighted by Gasteiger charge is 2.33. The largest absolute Gasteiger partial charge is 0.507 e. The van der Waals surface area contributed by atoms with Gasteiger partial charge in [0, 0.05) is 11.6 Å². The first kappa shape index (κ1) is 14.4. The number of nitro groups is 1. The van der Waals surface area contributed by atoms with E-state index in [4.69, 9.17) is 4.74 Å². The fourth-order valence-electron chi connectivity index (χ4n) is 2.60. The number of benzene rings is 1. The zero-order valence-electron chi connectivity index (χ0n) is 12.2. The standard InChI is InChI=1S/C15H19NO4/c1-9-10(2)14-12(11(3)13(9)17)5-6-15(4,20-14)7-8-16(18)19/h7-8,17H,5-6H2,1-4H3/b8-7-. The lowest BCUT2D eigenvalue weighted by molar-refractivity contribution is -0.403. The lowest BCUT2D eigenvalue weighted by atomic mass is 9.87. The molecule has 0 bridgehead atoms. The monoisotopic (exact) mass is 277 g/mol. The first-order valence-corrected chi connectivity index (χ1v) is 6.58. The Morgan fingerprint density at radius 2 is 1.95 bits per heavy atom. The van der Waals surface area contributed by atoms with Crippen molar-refractivity contribution in [3.8, 4) is 11.5 Å². The average molecular weight is 277 g/mol. The molecule has 5 heteroatoms. The van der Waals surface area contributed by atoms with E-state index in [2.05, 4.69) is 0 Å². The molecule has 1 heterocycles. The van der Waals surface area contributed by atoms with E-state index in [9.17, 15) is 15.2 Å². The minimum atomic E-state index is -0.680. The lowest BCUT2D eigenvalue weighted by Crippen LogP contribution is -2.35. The summed E-state index contributed by atoms with van der Waals surface area (Å²) in [4.78, 5) is 10.00. The molecule has 0 fully saturated rings. The predicted molar refractivity (Wildman–Crippen MR) is 75.8 cm³/mol. The molecule has 1 aromatic rings. The highest BCUT2D eigenvalue weighted by molar-refractivity contribution is 5.58. The molecular formula is C15H19NO4. The molecule has 1 aliphatic rings. The summed E-state index contributed by atoms with van der Waals surface area (Å²) in [6.45, 7) is 7.46. The van der Waals surface area contributed by atoms with Crippen LogP contribution >= 0.6 is 0 Å². The lowest BCUT2D eigenvalue weighted by Gasteiger charge is -2.35. The van der Waals surface area contributed by atoms with Gasteiger partial charge in [-0.3, -0.25) is 10.1 Å². The summed E-state index contributed by atoms with van der Waals surface area (Å²) in [5, 5.41) is 20.6. The Bertz CT molecular complexity index is 607. The van der Waals surface area contributed by atoms with Gasteiger partial charge < -0.3 is 9.84 Å². The molecule has 0 radical (unpaired) electrons. The van der Waals surface area contributed by atoms with Crippen molar-refractivity contribution in [1.82, 2.24) is 0 Å². The molecule has 20 heavy (non-hydrogen) atoms. The molecule has 0 aromatic heterocycles. The number of phenolic OH excluding ortho intramolecular Hbond substituents is 1. The highest BCUT2D eigenvalue weighted by atomic mass is 16.6. The van der Waals surface area contributed by atoms with E-state index in [1.54, 1.807) is 0 Å². The molecule has 108 valence electrons. The van der Waals surface area contributed by atoms with Crippen molar-refractivity contribution >= 4 is 0 Å². The van der Waals surface area contributed by atoms with E-state index in [0.717, 1.165) is 40.6 Å². The van der Waals surface area contributed by atoms with Gasteiger partial charge in [0.1, 0.15) is 17.1 Å². The summed E-state index contributed by atoms with van der Waals surface area (Å²) >= 11 is 0. The summed E-state index contributed by atoms with van der Waals surface area (Å²) < 4.78 is 6.01. The van der Waals surface area contributed by atoms with Crippen molar-refractivity contribution in [2.24, 2.45) is 0 Å². The van der Waals surface area contributed by atoms with Gasteiger partial charge in [-0.1, -0.05) is 0 Å². The second-order valence-electron chi connectivity index (χ2n) is 5.55. The summed E-state index contributed by atoms with van der Waals surface area (Å²) in [5.74, 6) is 1.06. The number of ether oxygens (including phenoxy) is 1. The molecule has 0 amide bonds. The molecule has 0 saturated heterocycles. The third-order valence-electron chi connectivity index (χ3n) is 4.10. The Morgan fingerprint density at radius 3 is 2.55 bits per heavy atom. The summed E-state index contributed by atoms with van der Waals surface area (Å²) in [6, 6.07) is 0. The first-order valence-electron chi connectivity index (χ1n) is 6.58. The molecule has 2 rings (SSSR count). The molecule has 1 aliphatic heterocycles. The topological polar surface area (TPSA) is 72.6 Å². The molecular weight excluding hydrogens is 258 g/mol. The molecule has 0 aliphatic carbocycles. The Balaban J connectivity index is 2.47. The maximum absolute atomic E-state index is 10.5. The molecule has 1 atom stereocenters. The smallest absolute Gasteiger partial charge is 0.234 e. The van der Waals surface area contributed by atoms with Crippen molar-refractivity contribution in [1.29, 1.82) is 0 Å². The third kappa shape index (κ3) is 2.35. The van der Waals surface area contributed by atoms with Crippen LogP contribution in [0.1, 0.15) is 35.6 Å². The van der Waals surface area contributed by atoms with Gasteiger partial charge in [0.25, 0.3) is 0 Å². The summed E-state index contributed by atoms with van der Waals surface area (Å²) in [6.07, 6.45) is 3.80. The van der Waals surface area contributed by atoms with Crippen LogP contribution < -0.4 is 4.74 Å². The summed E-state index contributed by atoms with van der Waals surface area (Å²) in [7, 11) is 0. The van der Waals surface area contributed by atoms with Crippen LogP contribution in [0.25, 0.3) is 0 Å². The Morgan fingerprint density at radius 1 is 1.30 bits per heavy atom. The zero-order chi connectivity index (χ0) is 15.1. The summed E-state index contributed by atoms with van der Waals surface area (Å²) in [5.41, 5.74) is 2.84. The quantitative estimate of drug-likeness (QED) is 0.665. The van der Waals surface area contributed by atoms with Crippen molar-refractivity contribution in [2.45, 2.75) is 46.1 Å². The van der Waals surface area contributed by atoms with Crippen LogP contribution in [-0.4, -0.2) is 15.6 Å². The number of aromatic hydroxyl groups is 1. The molecule has 1 aromatic carbocycles. The molecule has 5 nitrogen and oxygen atoms in total. The van der Waals surface area contributed by atoms with E-state index >= 15 is 0 Å². The first-order chi connectivity index (χ1) is 9.25. The van der Waals surface area contributed by atoms with E-state index in [0.29, 0.717) is 12.2 Å². The second kappa shape index (κ2) is 4.81. The number of phenols is 1. The molecule has 1 unspecified atom stereocenters. The van der Waals surface area contributed by atoms with Gasteiger partial charge in [-0.05, 0) is 57.2 Å². The van der Waals surface area contributed by atoms with Gasteiger partial charge in [-0.25, -0.2) is 0 Å². The maximum Gasteiger partial charge on any atom is 0.234 e. The number of nitrogens with zero attached hydrogens (tertiary/aromatic N) is 1. The van der Waals surface area contributed by atoms with Crippen molar-refractivity contribution in [3.63, 3.8) is 0 Å². The van der Waals surface area contributed by atoms with Gasteiger partial charge in [0.05, 0.1) is 4.92 Å². The number of fused-ring (bicyclic) bond motifs is 1. The molecule has 0 spiro atoms. The number of hydrogen-bond acceptors (Lipinski definition) is 4. The van der Waals surface area contributed by atoms with Crippen molar-refractivity contribution in [2.75, 3.05) is 0 Å². The van der Waals surface area contributed by atoms with E-state index < -0.39 is 10.5 Å². The van der Waals surface area contributed by atoms with Crippen LogP contribution in [0.4, 0.5) is 0 Å². The SMILES string of the molecule is Cc1c(C)c2c(c(C)c1O)CCC(C)(/C=C\[N+](=O)[O-])O2. The van der Waals surface area contributed by atoms with Gasteiger partial charge in [0.2, 0.25) is 6.20 Å². The fraction of sp³-hybridized carbons (Fsp3) is 0.467. The van der Waals surface area contributed by atoms with Gasteiger partial charge in [-0.15, -0.1) is 0 Å². The molecule has 1 N–H and O–H groups in total. The average Bonchev–Trinajstić information content (AvgIpc) is 2.41. The Kier molecular flexibility index (Phi) is 3.46. The van der Waals surface area contributed by atoms with Crippen LogP contribution in [0.3, 0.4) is 0 Å². The van der Waals surface area contributed by atoms with Gasteiger partial charge in [-0.2, -0.15) is 0 Å². The van der Waals surface area contributed by atoms with Crippen molar-refractivity contribution < 1.29 is 14.8 Å². The van der Waals surface area contributed by atoms with Crippen LogP contribution in [0, 0.1) is 30.9 Å². The normalized spacial score (nSPS) is 21.6. The van der Waals surface area contributed by atoms with E-state index in [1.165, 1.54) is 6.08 Å². The maximum atomic E-state index is 10.5. The van der Waals surface area contributed by atoms with Crippen LogP contribution in [-0.2, 0) is 6.42 Å². The number of rotatable bonds is 2. The minimum Gasteiger partial charge on any atom is -0.507 e. The predicted octanol–water partition coefficient (Wildman–Crippen LogP) is 3.19. The number of hydrogen-bond donors (Lipinski definition) is 1. The highest BCUT2D eigenvalue weighted by Crippen LogP contribution is 2.43. The Labute approximate surface area is 118 Å². The van der Waals surface area contributed by atoms with Crippen LogP contribution in [0.5, 0.6) is 11.5 Å². The van der Waals surface area contributed by atoms with Crippen molar-refractivity contribution in [3.05, 3.63) is 44.6 Å². The van der Waals surface area contributed by atoms with Gasteiger partial charge >= 0.3 is 0 Å². The molecule has 0 saturated carbocycles. The van der Waals surface area contributed by atoms with Crippen LogP contribution in [0.2, 0.25) is 0 Å². The Hall–Kier alpha value is -2.04. The van der Waals surface area contributed by atoms with E-state index in [1.807, 2.05) is 27.7 Å². The minimum absolute atomic E-state index is 0.314. The second-order valence-corrected chi connectivity index (χ2v) is 5.55. The van der Waals surface area contributed by atoms with E-state index in [-0.39, 0.29) is 0 Å². The fourth-order valence-corrected chi connectivity index (χ4v) is 2.60.